The summed E-state index contributed by atoms with van der Waals surface area (Å²) in [6, 6.07) is 51.4. The number of rotatable bonds is 6. The molecule has 0 amide bonds. The van der Waals surface area contributed by atoms with E-state index >= 15 is 0 Å². The first-order valence-electron chi connectivity index (χ1n) is 25.4. The van der Waals surface area contributed by atoms with Gasteiger partial charge in [0.05, 0.1) is 38.4 Å². The van der Waals surface area contributed by atoms with Crippen molar-refractivity contribution < 1.29 is 26.2 Å². The largest absolute Gasteiger partial charge is 0.507 e. The van der Waals surface area contributed by atoms with Crippen LogP contribution in [-0.2, 0) is 42.7 Å². The van der Waals surface area contributed by atoms with Gasteiger partial charge in [-0.2, -0.15) is 0 Å². The number of fused-ring (bicyclic) bond motifs is 2. The molecule has 0 bridgehead atoms. The summed E-state index contributed by atoms with van der Waals surface area (Å²) in [6.45, 7) is 37.3. The Morgan fingerprint density at radius 3 is 1.79 bits per heavy atom. The minimum absolute atomic E-state index is 0. The van der Waals surface area contributed by atoms with Crippen LogP contribution < -0.4 is 10.4 Å². The number of pyridine rings is 1. The molecule has 7 heteroatoms. The smallest absolute Gasteiger partial charge is 0.148 e. The molecule has 2 aromatic heterocycles. The maximum atomic E-state index is 12.8. The van der Waals surface area contributed by atoms with Gasteiger partial charge in [-0.3, -0.25) is 9.55 Å². The standard InChI is InChI=1S/C64H74N3OSi2.Pt/c1-61(2,3)46-26-27-54(50(38-46)43-25-28-56-57(37-43)70(15,16)32-31-69(56,13)14)67-55-24-20-23-49(58(55)66-60(67)51-39-48(63(7,8)9)40-52(59(51)68)64(10,11)12)44-33-45(35-47(34-44)62(4,5)6)53-36-42(29-30-65-53)41-21-18-17-19-22-41;/h17-30,34-40,68H,31-32H2,1-16H3;/q-1;. The normalized spacial score (nSPS) is 14.8. The minimum Gasteiger partial charge on any atom is -0.507 e. The number of phenolic OH excluding ortho intramolecular Hbond substituents is 1. The Kier molecular flexibility index (Phi) is 13.5. The summed E-state index contributed by atoms with van der Waals surface area (Å²) in [6.07, 6.45) is 1.91. The molecule has 1 aliphatic rings. The van der Waals surface area contributed by atoms with Crippen LogP contribution in [0.4, 0.5) is 0 Å². The molecular weight excluding hydrogens is 1080 g/mol. The fourth-order valence-corrected chi connectivity index (χ4v) is 20.7. The number of hydrogen-bond acceptors (Lipinski definition) is 3. The number of para-hydroxylation sites is 1. The van der Waals surface area contributed by atoms with Gasteiger partial charge in [0.15, 0.2) is 0 Å². The van der Waals surface area contributed by atoms with Crippen molar-refractivity contribution in [2.75, 3.05) is 0 Å². The predicted octanol–water partition coefficient (Wildman–Crippen LogP) is 16.3. The minimum atomic E-state index is -1.70. The van der Waals surface area contributed by atoms with E-state index in [9.17, 15) is 5.11 Å². The number of hydrogen-bond donors (Lipinski definition) is 1. The number of imidazole rings is 1. The molecule has 1 N–H and O–H groups in total. The SMILES string of the molecule is CC(C)(C)c1cc(-c2cc(-c3ccccc3)ccn2)[c-]c(-c2cccc3c2nc(-c2cc(C(C)(C)C)cc(C(C)(C)C)c2O)n3-c2ccc(C(C)(C)C)cc2-c2ccc3c(c2)[Si](C)(C)CC[Si]3(C)C)c1.[Pt]. The van der Waals surface area contributed by atoms with Gasteiger partial charge >= 0.3 is 0 Å². The number of aromatic hydroxyl groups is 1. The number of benzene rings is 6. The molecule has 71 heavy (non-hydrogen) atoms. The third-order valence-corrected chi connectivity index (χ3v) is 22.7. The summed E-state index contributed by atoms with van der Waals surface area (Å²) in [5, 5.41) is 16.0. The van der Waals surface area contributed by atoms with E-state index in [1.807, 2.05) is 6.20 Å². The van der Waals surface area contributed by atoms with Crippen LogP contribution in [0.15, 0.2) is 128 Å². The molecule has 0 radical (unpaired) electrons. The Hall–Kier alpha value is -5.14. The molecule has 4 nitrogen and oxygen atoms in total. The molecule has 0 unspecified atom stereocenters. The molecule has 370 valence electrons. The van der Waals surface area contributed by atoms with Gasteiger partial charge in [0.1, 0.15) is 11.6 Å². The van der Waals surface area contributed by atoms with Gasteiger partial charge in [-0.05, 0) is 79.8 Å². The van der Waals surface area contributed by atoms with Gasteiger partial charge in [-0.1, -0.05) is 222 Å². The van der Waals surface area contributed by atoms with E-state index in [0.29, 0.717) is 5.82 Å². The molecule has 0 atom stereocenters. The molecule has 0 saturated carbocycles. The second kappa shape index (κ2) is 18.4. The van der Waals surface area contributed by atoms with Crippen molar-refractivity contribution in [2.24, 2.45) is 0 Å². The van der Waals surface area contributed by atoms with Gasteiger partial charge in [0, 0.05) is 44.1 Å². The summed E-state index contributed by atoms with van der Waals surface area (Å²) in [4.78, 5) is 10.7. The maximum Gasteiger partial charge on any atom is 0.148 e. The first-order valence-corrected chi connectivity index (χ1v) is 31.8. The fourth-order valence-electron chi connectivity index (χ4n) is 10.4. The quantitative estimate of drug-likeness (QED) is 0.133. The van der Waals surface area contributed by atoms with Crippen LogP contribution in [0.1, 0.15) is 105 Å². The summed E-state index contributed by atoms with van der Waals surface area (Å²) < 4.78 is 2.36. The first kappa shape index (κ1) is 52.2. The van der Waals surface area contributed by atoms with Crippen LogP contribution in [-0.4, -0.2) is 35.8 Å². The molecule has 0 spiro atoms. The molecule has 9 rings (SSSR count). The van der Waals surface area contributed by atoms with Crippen LogP contribution >= 0.6 is 0 Å². The third-order valence-electron chi connectivity index (χ3n) is 15.1. The molecule has 0 fully saturated rings. The van der Waals surface area contributed by atoms with Crippen molar-refractivity contribution in [3.8, 4) is 67.5 Å². The zero-order valence-electron chi connectivity index (χ0n) is 45.1. The van der Waals surface area contributed by atoms with E-state index in [0.717, 1.165) is 66.9 Å². The average Bonchev–Trinajstić information content (AvgIpc) is 3.68. The first-order chi connectivity index (χ1) is 32.6. The Morgan fingerprint density at radius 2 is 1.14 bits per heavy atom. The second-order valence-corrected chi connectivity index (χ2v) is 35.2. The van der Waals surface area contributed by atoms with Gasteiger partial charge in [0.2, 0.25) is 0 Å². The van der Waals surface area contributed by atoms with Crippen LogP contribution in [0, 0.1) is 6.07 Å². The van der Waals surface area contributed by atoms with Crippen molar-refractivity contribution in [1.82, 2.24) is 14.5 Å². The zero-order valence-corrected chi connectivity index (χ0v) is 49.4. The third kappa shape index (κ3) is 10.0. The fraction of sp³-hybridized carbons (Fsp3) is 0.344. The Balaban J connectivity index is 0.00000676. The van der Waals surface area contributed by atoms with E-state index < -0.39 is 16.1 Å². The molecule has 3 heterocycles. The Labute approximate surface area is 441 Å². The van der Waals surface area contributed by atoms with Gasteiger partial charge in [-0.25, -0.2) is 4.98 Å². The van der Waals surface area contributed by atoms with Crippen LogP contribution in [0.5, 0.6) is 5.75 Å². The van der Waals surface area contributed by atoms with Crippen molar-refractivity contribution >= 4 is 37.6 Å². The summed E-state index contributed by atoms with van der Waals surface area (Å²) in [7, 11) is -3.28. The van der Waals surface area contributed by atoms with Gasteiger partial charge in [-0.15, -0.1) is 29.3 Å². The second-order valence-electron chi connectivity index (χ2n) is 25.6. The van der Waals surface area contributed by atoms with Crippen molar-refractivity contribution in [1.29, 1.82) is 0 Å². The summed E-state index contributed by atoms with van der Waals surface area (Å²) in [5.74, 6) is 0.986. The van der Waals surface area contributed by atoms with Crippen LogP contribution in [0.3, 0.4) is 0 Å². The molecule has 8 aromatic rings. The number of aromatic nitrogens is 3. The van der Waals surface area contributed by atoms with Gasteiger partial charge < -0.3 is 5.11 Å². The zero-order chi connectivity index (χ0) is 50.5. The average molecular weight is 1150 g/mol. The van der Waals surface area contributed by atoms with E-state index in [1.165, 1.54) is 34.3 Å². The van der Waals surface area contributed by atoms with E-state index in [-0.39, 0.29) is 48.5 Å². The summed E-state index contributed by atoms with van der Waals surface area (Å²) >= 11 is 0. The molecule has 0 saturated heterocycles. The number of phenols is 1. The van der Waals surface area contributed by atoms with Crippen LogP contribution in [0.2, 0.25) is 38.3 Å². The predicted molar refractivity (Wildman–Crippen MR) is 305 cm³/mol. The van der Waals surface area contributed by atoms with Gasteiger partial charge in [0.25, 0.3) is 0 Å². The van der Waals surface area contributed by atoms with E-state index in [2.05, 4.69) is 241 Å². The number of nitrogens with zero attached hydrogens (tertiary/aromatic N) is 3. The molecule has 1 aliphatic heterocycles. The van der Waals surface area contributed by atoms with Crippen molar-refractivity contribution in [3.63, 3.8) is 0 Å². The van der Waals surface area contributed by atoms with Crippen LogP contribution in [0.25, 0.3) is 72.7 Å². The Bertz CT molecular complexity index is 3320. The monoisotopic (exact) mass is 1150 g/mol. The molecule has 0 aliphatic carbocycles. The summed E-state index contributed by atoms with van der Waals surface area (Å²) in [5.41, 5.74) is 15.8. The molecule has 6 aromatic carbocycles. The molecular formula is C64H74N3OPtSi2-. The van der Waals surface area contributed by atoms with E-state index in [4.69, 9.17) is 9.97 Å². The van der Waals surface area contributed by atoms with Crippen molar-refractivity contribution in [3.05, 3.63) is 156 Å². The Morgan fingerprint density at radius 1 is 0.521 bits per heavy atom. The van der Waals surface area contributed by atoms with Crippen molar-refractivity contribution in [2.45, 2.75) is 143 Å². The topological polar surface area (TPSA) is 50.9 Å². The maximum absolute atomic E-state index is 12.8. The van der Waals surface area contributed by atoms with E-state index in [1.54, 1.807) is 10.4 Å².